The van der Waals surface area contributed by atoms with Crippen LogP contribution < -0.4 is 5.32 Å². The Labute approximate surface area is 141 Å². The van der Waals surface area contributed by atoms with Crippen LogP contribution in [-0.4, -0.2) is 55.6 Å². The van der Waals surface area contributed by atoms with Crippen LogP contribution in [0.15, 0.2) is 29.2 Å². The number of anilines is 1. The van der Waals surface area contributed by atoms with Gasteiger partial charge in [0.1, 0.15) is 0 Å². The second kappa shape index (κ2) is 6.52. The largest absolute Gasteiger partial charge is 0.340 e. The van der Waals surface area contributed by atoms with Crippen molar-refractivity contribution in [1.82, 2.24) is 9.21 Å². The zero-order chi connectivity index (χ0) is 17.3. The topological polar surface area (TPSA) is 86.8 Å². The van der Waals surface area contributed by atoms with Gasteiger partial charge in [0.15, 0.2) is 0 Å². The molecular formula is C16H21N3O4S. The molecule has 0 aromatic heterocycles. The van der Waals surface area contributed by atoms with Gasteiger partial charge in [0.25, 0.3) is 0 Å². The average molecular weight is 351 g/mol. The Balaban J connectivity index is 1.65. The third kappa shape index (κ3) is 3.59. The van der Waals surface area contributed by atoms with Gasteiger partial charge in [0.05, 0.1) is 4.90 Å². The van der Waals surface area contributed by atoms with E-state index in [1.807, 2.05) is 0 Å². The van der Waals surface area contributed by atoms with Crippen molar-refractivity contribution >= 4 is 27.5 Å². The molecule has 0 unspecified atom stereocenters. The Bertz CT molecular complexity index is 733. The summed E-state index contributed by atoms with van der Waals surface area (Å²) in [7, 11) is -3.58. The van der Waals surface area contributed by atoms with E-state index in [2.05, 4.69) is 5.32 Å². The minimum absolute atomic E-state index is 0.159. The fourth-order valence-electron chi connectivity index (χ4n) is 2.80. The maximum Gasteiger partial charge on any atom is 0.243 e. The van der Waals surface area contributed by atoms with Gasteiger partial charge in [-0.2, -0.15) is 4.31 Å². The Kier molecular flexibility index (Phi) is 4.60. The molecular weight excluding hydrogens is 330 g/mol. The zero-order valence-corrected chi connectivity index (χ0v) is 14.4. The fourth-order valence-corrected chi connectivity index (χ4v) is 4.22. The first-order chi connectivity index (χ1) is 11.4. The number of hydrogen-bond acceptors (Lipinski definition) is 4. The molecule has 0 atom stereocenters. The SMILES string of the molecule is CC(=O)Nc1ccc(S(=O)(=O)N2CCN(C(=O)C3CC3)CC2)cc1. The van der Waals surface area contributed by atoms with Crippen molar-refractivity contribution in [3.63, 3.8) is 0 Å². The number of nitrogens with zero attached hydrogens (tertiary/aromatic N) is 2. The van der Waals surface area contributed by atoms with Gasteiger partial charge in [0.2, 0.25) is 21.8 Å². The van der Waals surface area contributed by atoms with Crippen LogP contribution in [-0.2, 0) is 19.6 Å². The van der Waals surface area contributed by atoms with Crippen molar-refractivity contribution < 1.29 is 18.0 Å². The highest BCUT2D eigenvalue weighted by molar-refractivity contribution is 7.89. The van der Waals surface area contributed by atoms with Crippen molar-refractivity contribution in [3.8, 4) is 0 Å². The molecule has 2 aliphatic rings. The van der Waals surface area contributed by atoms with E-state index in [-0.39, 0.29) is 22.6 Å². The molecule has 1 aromatic carbocycles. The maximum atomic E-state index is 12.7. The van der Waals surface area contributed by atoms with Crippen LogP contribution in [0.25, 0.3) is 0 Å². The number of hydrogen-bond donors (Lipinski definition) is 1. The van der Waals surface area contributed by atoms with E-state index < -0.39 is 10.0 Å². The predicted molar refractivity (Wildman–Crippen MR) is 88.8 cm³/mol. The van der Waals surface area contributed by atoms with Crippen LogP contribution in [0.4, 0.5) is 5.69 Å². The lowest BCUT2D eigenvalue weighted by molar-refractivity contribution is -0.133. The summed E-state index contributed by atoms with van der Waals surface area (Å²) >= 11 is 0. The number of amides is 2. The molecule has 1 aliphatic carbocycles. The standard InChI is InChI=1S/C16H21N3O4S/c1-12(20)17-14-4-6-15(7-5-14)24(22,23)19-10-8-18(9-11-19)16(21)13-2-3-13/h4-7,13H,2-3,8-11H2,1H3,(H,17,20). The molecule has 1 aliphatic heterocycles. The lowest BCUT2D eigenvalue weighted by Gasteiger charge is -2.34. The summed E-state index contributed by atoms with van der Waals surface area (Å²) in [5, 5.41) is 2.61. The van der Waals surface area contributed by atoms with Crippen molar-refractivity contribution in [3.05, 3.63) is 24.3 Å². The number of carbonyl (C=O) groups is 2. The number of benzene rings is 1. The average Bonchev–Trinajstić information content (AvgIpc) is 3.39. The van der Waals surface area contributed by atoms with Gasteiger partial charge in [-0.3, -0.25) is 9.59 Å². The van der Waals surface area contributed by atoms with Crippen LogP contribution in [0.3, 0.4) is 0 Å². The second-order valence-corrected chi connectivity index (χ2v) is 8.15. The summed E-state index contributed by atoms with van der Waals surface area (Å²) in [5.41, 5.74) is 0.557. The van der Waals surface area contributed by atoms with Gasteiger partial charge in [0, 0.05) is 44.7 Å². The van der Waals surface area contributed by atoms with E-state index in [4.69, 9.17) is 0 Å². The molecule has 130 valence electrons. The monoisotopic (exact) mass is 351 g/mol. The second-order valence-electron chi connectivity index (χ2n) is 6.21. The molecule has 3 rings (SSSR count). The molecule has 1 aromatic rings. The quantitative estimate of drug-likeness (QED) is 0.873. The molecule has 24 heavy (non-hydrogen) atoms. The Hall–Kier alpha value is -1.93. The molecule has 0 radical (unpaired) electrons. The first-order valence-electron chi connectivity index (χ1n) is 8.04. The summed E-state index contributed by atoms with van der Waals surface area (Å²) in [4.78, 5) is 25.0. The summed E-state index contributed by atoms with van der Waals surface area (Å²) in [6.07, 6.45) is 1.91. The number of piperazine rings is 1. The van der Waals surface area contributed by atoms with Crippen LogP contribution >= 0.6 is 0 Å². The summed E-state index contributed by atoms with van der Waals surface area (Å²) in [5.74, 6) is 0.114. The normalized spacial score (nSPS) is 19.1. The molecule has 0 bridgehead atoms. The van der Waals surface area contributed by atoms with E-state index in [1.54, 1.807) is 17.0 Å². The predicted octanol–water partition coefficient (Wildman–Crippen LogP) is 0.888. The van der Waals surface area contributed by atoms with E-state index in [9.17, 15) is 18.0 Å². The van der Waals surface area contributed by atoms with Crippen molar-refractivity contribution in [1.29, 1.82) is 0 Å². The Morgan fingerprint density at radius 2 is 1.62 bits per heavy atom. The molecule has 8 heteroatoms. The lowest BCUT2D eigenvalue weighted by atomic mass is 10.3. The number of nitrogens with one attached hydrogen (secondary N) is 1. The highest BCUT2D eigenvalue weighted by atomic mass is 32.2. The number of sulfonamides is 1. The summed E-state index contributed by atoms with van der Waals surface area (Å²) in [6.45, 7) is 2.91. The minimum Gasteiger partial charge on any atom is -0.340 e. The maximum absolute atomic E-state index is 12.7. The summed E-state index contributed by atoms with van der Waals surface area (Å²) in [6, 6.07) is 6.12. The van der Waals surface area contributed by atoms with Crippen LogP contribution in [0, 0.1) is 5.92 Å². The van der Waals surface area contributed by atoms with Crippen molar-refractivity contribution in [2.45, 2.75) is 24.7 Å². The Morgan fingerprint density at radius 1 is 1.04 bits per heavy atom. The third-order valence-corrected chi connectivity index (χ3v) is 6.20. The van der Waals surface area contributed by atoms with Crippen molar-refractivity contribution in [2.24, 2.45) is 5.92 Å². The zero-order valence-electron chi connectivity index (χ0n) is 13.6. The van der Waals surface area contributed by atoms with Crippen LogP contribution in [0.1, 0.15) is 19.8 Å². The van der Waals surface area contributed by atoms with Gasteiger partial charge < -0.3 is 10.2 Å². The van der Waals surface area contributed by atoms with Crippen LogP contribution in [0.5, 0.6) is 0 Å². The highest BCUT2D eigenvalue weighted by Crippen LogP contribution is 2.31. The fraction of sp³-hybridized carbons (Fsp3) is 0.500. The number of carbonyl (C=O) groups excluding carboxylic acids is 2. The molecule has 7 nitrogen and oxygen atoms in total. The van der Waals surface area contributed by atoms with E-state index >= 15 is 0 Å². The molecule has 1 heterocycles. The van der Waals surface area contributed by atoms with Crippen molar-refractivity contribution in [2.75, 3.05) is 31.5 Å². The molecule has 1 saturated heterocycles. The molecule has 1 saturated carbocycles. The Morgan fingerprint density at radius 3 is 2.12 bits per heavy atom. The van der Waals surface area contributed by atoms with E-state index in [0.29, 0.717) is 31.9 Å². The first-order valence-corrected chi connectivity index (χ1v) is 9.48. The molecule has 0 spiro atoms. The van der Waals surface area contributed by atoms with E-state index in [0.717, 1.165) is 12.8 Å². The van der Waals surface area contributed by atoms with Gasteiger partial charge in [-0.25, -0.2) is 8.42 Å². The van der Waals surface area contributed by atoms with Gasteiger partial charge in [-0.1, -0.05) is 0 Å². The minimum atomic E-state index is -3.58. The molecule has 2 fully saturated rings. The summed E-state index contributed by atoms with van der Waals surface area (Å²) < 4.78 is 26.8. The molecule has 2 amide bonds. The highest BCUT2D eigenvalue weighted by Gasteiger charge is 2.36. The van der Waals surface area contributed by atoms with Gasteiger partial charge >= 0.3 is 0 Å². The first kappa shape index (κ1) is 16.9. The van der Waals surface area contributed by atoms with Gasteiger partial charge in [-0.15, -0.1) is 0 Å². The lowest BCUT2D eigenvalue weighted by Crippen LogP contribution is -2.50. The van der Waals surface area contributed by atoms with Gasteiger partial charge in [-0.05, 0) is 37.1 Å². The third-order valence-electron chi connectivity index (χ3n) is 4.29. The number of rotatable bonds is 4. The molecule has 1 N–H and O–H groups in total. The smallest absolute Gasteiger partial charge is 0.243 e. The van der Waals surface area contributed by atoms with E-state index in [1.165, 1.54) is 23.4 Å². The van der Waals surface area contributed by atoms with Crippen LogP contribution in [0.2, 0.25) is 0 Å².